The van der Waals surface area contributed by atoms with Crippen molar-refractivity contribution in [1.29, 1.82) is 0 Å². The number of Topliss-reactive ketones (excluding diaryl/α,β-unsaturated/α-hetero) is 1. The third-order valence-corrected chi connectivity index (χ3v) is 2.76. The summed E-state index contributed by atoms with van der Waals surface area (Å²) in [5.41, 5.74) is 0. The molecule has 1 aromatic rings. The largest absolute Gasteiger partial charge is 0.396 e. The molecule has 0 aliphatic carbocycles. The Labute approximate surface area is 81.4 Å². The van der Waals surface area contributed by atoms with Gasteiger partial charge < -0.3 is 5.11 Å². The molecule has 13 heavy (non-hydrogen) atoms. The highest BCUT2D eigenvalue weighted by atomic mass is 32.1. The highest BCUT2D eigenvalue weighted by Crippen LogP contribution is 2.14. The second-order valence-electron chi connectivity index (χ2n) is 2.95. The number of carbonyl (C=O) groups excluding carboxylic acids is 1. The third-order valence-electron chi connectivity index (χ3n) is 1.96. The topological polar surface area (TPSA) is 50.2 Å². The number of nitrogens with zero attached hydrogens (tertiary/aromatic N) is 1. The van der Waals surface area contributed by atoms with Crippen molar-refractivity contribution in [2.24, 2.45) is 5.92 Å². The van der Waals surface area contributed by atoms with Gasteiger partial charge in [0.05, 0.1) is 5.01 Å². The van der Waals surface area contributed by atoms with Crippen LogP contribution in [0.3, 0.4) is 0 Å². The van der Waals surface area contributed by atoms with Gasteiger partial charge in [0.2, 0.25) is 0 Å². The van der Waals surface area contributed by atoms with Crippen molar-refractivity contribution >= 4 is 17.1 Å². The van der Waals surface area contributed by atoms with Crippen LogP contribution in [0.4, 0.5) is 0 Å². The van der Waals surface area contributed by atoms with E-state index in [-0.39, 0.29) is 18.3 Å². The molecule has 0 fully saturated rings. The highest BCUT2D eigenvalue weighted by molar-refractivity contribution is 7.09. The summed E-state index contributed by atoms with van der Waals surface area (Å²) < 4.78 is 0. The molecule has 0 radical (unpaired) electrons. The number of hydrogen-bond donors (Lipinski definition) is 1. The maximum Gasteiger partial charge on any atom is 0.133 e. The Bertz CT molecular complexity index is 259. The molecule has 0 saturated heterocycles. The van der Waals surface area contributed by atoms with Crippen LogP contribution < -0.4 is 0 Å². The number of aromatic nitrogens is 1. The number of aliphatic hydroxyl groups is 1. The van der Waals surface area contributed by atoms with Gasteiger partial charge in [-0.05, 0) is 13.3 Å². The van der Waals surface area contributed by atoms with E-state index in [0.717, 1.165) is 5.01 Å². The lowest BCUT2D eigenvalue weighted by Crippen LogP contribution is -2.15. The van der Waals surface area contributed by atoms with Crippen LogP contribution >= 0.6 is 11.3 Å². The summed E-state index contributed by atoms with van der Waals surface area (Å²) in [5, 5.41) is 11.6. The summed E-state index contributed by atoms with van der Waals surface area (Å²) in [6.07, 6.45) is 2.93. The van der Waals surface area contributed by atoms with E-state index in [9.17, 15) is 4.79 Å². The number of carbonyl (C=O) groups is 1. The predicted molar refractivity (Wildman–Crippen MR) is 51.7 cm³/mol. The van der Waals surface area contributed by atoms with Gasteiger partial charge in [-0.2, -0.15) is 0 Å². The van der Waals surface area contributed by atoms with Crippen molar-refractivity contribution in [2.75, 3.05) is 6.61 Å². The van der Waals surface area contributed by atoms with Gasteiger partial charge in [-0.15, -0.1) is 11.3 Å². The van der Waals surface area contributed by atoms with Gasteiger partial charge in [0, 0.05) is 30.5 Å². The maximum absolute atomic E-state index is 11.1. The molecule has 0 aliphatic rings. The van der Waals surface area contributed by atoms with E-state index in [1.165, 1.54) is 0 Å². The third kappa shape index (κ3) is 3.24. The monoisotopic (exact) mass is 199 g/mol. The van der Waals surface area contributed by atoms with Gasteiger partial charge in [0.25, 0.3) is 0 Å². The zero-order valence-corrected chi connectivity index (χ0v) is 8.38. The van der Waals surface area contributed by atoms with E-state index in [0.29, 0.717) is 12.8 Å². The molecule has 3 nitrogen and oxygen atoms in total. The number of aliphatic hydroxyl groups excluding tert-OH is 1. The zero-order chi connectivity index (χ0) is 9.68. The zero-order valence-electron chi connectivity index (χ0n) is 7.56. The van der Waals surface area contributed by atoms with E-state index in [2.05, 4.69) is 4.98 Å². The molecule has 0 spiro atoms. The molecule has 1 N–H and O–H groups in total. The summed E-state index contributed by atoms with van der Waals surface area (Å²) in [5.74, 6) is 0.0559. The Morgan fingerprint density at radius 2 is 2.54 bits per heavy atom. The fourth-order valence-corrected chi connectivity index (χ4v) is 1.87. The molecule has 0 aromatic carbocycles. The summed E-state index contributed by atoms with van der Waals surface area (Å²) in [7, 11) is 0. The van der Waals surface area contributed by atoms with Crippen LogP contribution in [0, 0.1) is 5.92 Å². The van der Waals surface area contributed by atoms with Crippen molar-refractivity contribution in [3.63, 3.8) is 0 Å². The van der Waals surface area contributed by atoms with Crippen molar-refractivity contribution in [3.8, 4) is 0 Å². The Hall–Kier alpha value is -0.740. The minimum absolute atomic E-state index is 0.0651. The average Bonchev–Trinajstić information content (AvgIpc) is 2.56. The molecular formula is C9H13NO2S. The number of thiazole rings is 1. The lowest BCUT2D eigenvalue weighted by atomic mass is 9.98. The fraction of sp³-hybridized carbons (Fsp3) is 0.556. The Morgan fingerprint density at radius 1 is 1.77 bits per heavy atom. The first-order chi connectivity index (χ1) is 6.24. The predicted octanol–water partition coefficient (Wildman–Crippen LogP) is 1.27. The smallest absolute Gasteiger partial charge is 0.133 e. The molecule has 0 amide bonds. The van der Waals surface area contributed by atoms with E-state index < -0.39 is 0 Å². The Balaban J connectivity index is 2.52. The molecule has 4 heteroatoms. The first-order valence-corrected chi connectivity index (χ1v) is 5.11. The molecule has 0 saturated carbocycles. The van der Waals surface area contributed by atoms with Crippen LogP contribution in [-0.2, 0) is 11.2 Å². The lowest BCUT2D eigenvalue weighted by molar-refractivity contribution is -0.121. The number of rotatable bonds is 5. The van der Waals surface area contributed by atoms with Crippen LogP contribution in [0.15, 0.2) is 11.6 Å². The average molecular weight is 199 g/mol. The van der Waals surface area contributed by atoms with Crippen molar-refractivity contribution in [1.82, 2.24) is 4.98 Å². The van der Waals surface area contributed by atoms with Gasteiger partial charge in [0.15, 0.2) is 0 Å². The van der Waals surface area contributed by atoms with E-state index in [1.54, 1.807) is 24.5 Å². The van der Waals surface area contributed by atoms with Crippen molar-refractivity contribution in [2.45, 2.75) is 19.8 Å². The van der Waals surface area contributed by atoms with Crippen LogP contribution in [-0.4, -0.2) is 22.5 Å². The second-order valence-corrected chi connectivity index (χ2v) is 3.93. The van der Waals surface area contributed by atoms with Gasteiger partial charge in [-0.1, -0.05) is 0 Å². The minimum Gasteiger partial charge on any atom is -0.396 e. The Kier molecular flexibility index (Phi) is 4.05. The van der Waals surface area contributed by atoms with Crippen LogP contribution in [0.1, 0.15) is 18.4 Å². The van der Waals surface area contributed by atoms with Gasteiger partial charge in [-0.25, -0.2) is 4.98 Å². The van der Waals surface area contributed by atoms with E-state index >= 15 is 0 Å². The molecule has 1 rings (SSSR count). The summed E-state index contributed by atoms with van der Waals surface area (Å²) in [4.78, 5) is 15.2. The molecule has 0 aliphatic heterocycles. The summed E-state index contributed by atoms with van der Waals surface area (Å²) in [6, 6.07) is 0. The molecule has 1 heterocycles. The quantitative estimate of drug-likeness (QED) is 0.777. The fourth-order valence-electron chi connectivity index (χ4n) is 1.17. The molecule has 72 valence electrons. The SMILES string of the molecule is CC(=O)C(CCO)Cc1nccs1. The first kappa shape index (κ1) is 10.3. The Morgan fingerprint density at radius 3 is 3.00 bits per heavy atom. The van der Waals surface area contributed by atoms with Crippen LogP contribution in [0.2, 0.25) is 0 Å². The minimum atomic E-state index is -0.0730. The van der Waals surface area contributed by atoms with Crippen LogP contribution in [0.5, 0.6) is 0 Å². The summed E-state index contributed by atoms with van der Waals surface area (Å²) >= 11 is 1.55. The summed E-state index contributed by atoms with van der Waals surface area (Å²) in [6.45, 7) is 1.63. The van der Waals surface area contributed by atoms with E-state index in [1.807, 2.05) is 5.38 Å². The molecule has 1 unspecified atom stereocenters. The lowest BCUT2D eigenvalue weighted by Gasteiger charge is -2.09. The van der Waals surface area contributed by atoms with Crippen molar-refractivity contribution < 1.29 is 9.90 Å². The molecule has 0 bridgehead atoms. The van der Waals surface area contributed by atoms with Crippen molar-refractivity contribution in [3.05, 3.63) is 16.6 Å². The van der Waals surface area contributed by atoms with Gasteiger partial charge in [-0.3, -0.25) is 4.79 Å². The first-order valence-electron chi connectivity index (χ1n) is 4.23. The molecular weight excluding hydrogens is 186 g/mol. The second kappa shape index (κ2) is 5.09. The number of ketones is 1. The number of hydrogen-bond acceptors (Lipinski definition) is 4. The van der Waals surface area contributed by atoms with Gasteiger partial charge >= 0.3 is 0 Å². The molecule has 1 aromatic heterocycles. The standard InChI is InChI=1S/C9H13NO2S/c1-7(12)8(2-4-11)6-9-10-3-5-13-9/h3,5,8,11H,2,4,6H2,1H3. The molecule has 1 atom stereocenters. The normalized spacial score (nSPS) is 12.8. The maximum atomic E-state index is 11.1. The van der Waals surface area contributed by atoms with Crippen LogP contribution in [0.25, 0.3) is 0 Å². The highest BCUT2D eigenvalue weighted by Gasteiger charge is 2.15. The van der Waals surface area contributed by atoms with E-state index in [4.69, 9.17) is 5.11 Å². The van der Waals surface area contributed by atoms with Gasteiger partial charge in [0.1, 0.15) is 5.78 Å².